The minimum Gasteiger partial charge on any atom is -0.486 e. The fourth-order valence-electron chi connectivity index (χ4n) is 2.11. The van der Waals surface area contributed by atoms with E-state index in [1.54, 1.807) is 18.2 Å². The highest BCUT2D eigenvalue weighted by atomic mass is 19.1. The van der Waals surface area contributed by atoms with E-state index >= 15 is 0 Å². The smallest absolute Gasteiger partial charge is 0.203 e. The highest BCUT2D eigenvalue weighted by Gasteiger charge is 2.18. The number of rotatable bonds is 4. The van der Waals surface area contributed by atoms with E-state index in [1.165, 1.54) is 24.3 Å². The van der Waals surface area contributed by atoms with Gasteiger partial charge in [-0.25, -0.2) is 4.39 Å². The first-order chi connectivity index (χ1) is 10.2. The van der Waals surface area contributed by atoms with Crippen LogP contribution >= 0.6 is 0 Å². The summed E-state index contributed by atoms with van der Waals surface area (Å²) in [6, 6.07) is 11.0. The zero-order valence-corrected chi connectivity index (χ0v) is 11.3. The molecule has 1 unspecified atom stereocenters. The van der Waals surface area contributed by atoms with Crippen LogP contribution in [-0.4, -0.2) is 24.9 Å². The van der Waals surface area contributed by atoms with Gasteiger partial charge in [0.2, 0.25) is 5.75 Å². The molecule has 21 heavy (non-hydrogen) atoms. The maximum absolute atomic E-state index is 12.8. The van der Waals surface area contributed by atoms with Gasteiger partial charge < -0.3 is 19.3 Å². The van der Waals surface area contributed by atoms with Gasteiger partial charge in [0.15, 0.2) is 11.5 Å². The van der Waals surface area contributed by atoms with E-state index in [0.717, 1.165) is 0 Å². The van der Waals surface area contributed by atoms with Gasteiger partial charge in [0.05, 0.1) is 0 Å². The van der Waals surface area contributed by atoms with Crippen LogP contribution in [0.4, 0.5) is 4.39 Å². The molecule has 4 nitrogen and oxygen atoms in total. The Bertz CT molecular complexity index is 612. The van der Waals surface area contributed by atoms with Crippen molar-refractivity contribution >= 4 is 0 Å². The first-order valence-corrected chi connectivity index (χ1v) is 6.69. The molecule has 1 aliphatic heterocycles. The Labute approximate surface area is 121 Å². The number of halogens is 1. The Kier molecular flexibility index (Phi) is 3.92. The van der Waals surface area contributed by atoms with Crippen molar-refractivity contribution in [1.29, 1.82) is 0 Å². The number of benzene rings is 2. The fraction of sp³-hybridized carbons (Fsp3) is 0.250. The van der Waals surface area contributed by atoms with Gasteiger partial charge in [-0.3, -0.25) is 0 Å². The predicted octanol–water partition coefficient (Wildman–Crippen LogP) is 2.71. The van der Waals surface area contributed by atoms with Crippen LogP contribution in [0.5, 0.6) is 17.2 Å². The third-order valence-electron chi connectivity index (χ3n) is 3.18. The predicted molar refractivity (Wildman–Crippen MR) is 74.3 cm³/mol. The molecular weight excluding hydrogens is 275 g/mol. The van der Waals surface area contributed by atoms with E-state index in [2.05, 4.69) is 0 Å². The average Bonchev–Trinajstić information content (AvgIpc) is 2.53. The molecule has 1 atom stereocenters. The molecule has 1 aliphatic rings. The van der Waals surface area contributed by atoms with E-state index in [9.17, 15) is 9.50 Å². The number of aliphatic hydroxyl groups is 1. The molecule has 110 valence electrons. The summed E-state index contributed by atoms with van der Waals surface area (Å²) in [4.78, 5) is 0. The van der Waals surface area contributed by atoms with Crippen molar-refractivity contribution in [3.05, 3.63) is 53.8 Å². The maximum Gasteiger partial charge on any atom is 0.203 e. The lowest BCUT2D eigenvalue weighted by Gasteiger charge is -2.21. The Balaban J connectivity index is 1.69. The van der Waals surface area contributed by atoms with E-state index < -0.39 is 6.10 Å². The Morgan fingerprint density at radius 2 is 1.86 bits per heavy atom. The summed E-state index contributed by atoms with van der Waals surface area (Å²) in [5.41, 5.74) is 0.596. The molecule has 5 heteroatoms. The average molecular weight is 290 g/mol. The summed E-state index contributed by atoms with van der Waals surface area (Å²) in [5, 5.41) is 10.1. The molecule has 0 aliphatic carbocycles. The quantitative estimate of drug-likeness (QED) is 0.940. The van der Waals surface area contributed by atoms with Crippen LogP contribution < -0.4 is 14.2 Å². The number of ether oxygens (including phenoxy) is 3. The highest BCUT2D eigenvalue weighted by Crippen LogP contribution is 2.39. The van der Waals surface area contributed by atoms with Gasteiger partial charge in [-0.2, -0.15) is 0 Å². The Hall–Kier alpha value is -2.27. The molecule has 0 bridgehead atoms. The minimum atomic E-state index is -0.842. The highest BCUT2D eigenvalue weighted by molar-refractivity contribution is 5.51. The summed E-state index contributed by atoms with van der Waals surface area (Å²) in [7, 11) is 0. The van der Waals surface area contributed by atoms with Gasteiger partial charge in [0.1, 0.15) is 31.7 Å². The molecule has 2 aromatic carbocycles. The topological polar surface area (TPSA) is 47.9 Å². The van der Waals surface area contributed by atoms with Gasteiger partial charge in [0.25, 0.3) is 0 Å². The SMILES string of the molecule is OC(COc1cccc2c1OCCO2)c1ccc(F)cc1. The Morgan fingerprint density at radius 1 is 1.10 bits per heavy atom. The summed E-state index contributed by atoms with van der Waals surface area (Å²) >= 11 is 0. The number of fused-ring (bicyclic) bond motifs is 1. The van der Waals surface area contributed by atoms with Crippen molar-refractivity contribution in [1.82, 2.24) is 0 Å². The van der Waals surface area contributed by atoms with Crippen molar-refractivity contribution in [3.8, 4) is 17.2 Å². The second-order valence-corrected chi connectivity index (χ2v) is 4.66. The van der Waals surface area contributed by atoms with Gasteiger partial charge in [-0.05, 0) is 29.8 Å². The summed E-state index contributed by atoms with van der Waals surface area (Å²) in [6.07, 6.45) is -0.842. The van der Waals surface area contributed by atoms with Gasteiger partial charge >= 0.3 is 0 Å². The molecule has 0 fully saturated rings. The lowest BCUT2D eigenvalue weighted by Crippen LogP contribution is -2.17. The van der Waals surface area contributed by atoms with Crippen LogP contribution in [0, 0.1) is 5.82 Å². The molecule has 0 amide bonds. The van der Waals surface area contributed by atoms with Gasteiger partial charge in [0, 0.05) is 0 Å². The van der Waals surface area contributed by atoms with Crippen molar-refractivity contribution < 1.29 is 23.7 Å². The molecular formula is C16H15FO4. The second kappa shape index (κ2) is 6.01. The molecule has 0 spiro atoms. The standard InChI is InChI=1S/C16H15FO4/c17-12-6-4-11(5-7-12)13(18)10-21-15-3-1-2-14-16(15)20-9-8-19-14/h1-7,13,18H,8-10H2. The fourth-order valence-corrected chi connectivity index (χ4v) is 2.11. The first-order valence-electron chi connectivity index (χ1n) is 6.69. The molecule has 1 N–H and O–H groups in total. The van der Waals surface area contributed by atoms with Crippen molar-refractivity contribution in [3.63, 3.8) is 0 Å². The summed E-state index contributed by atoms with van der Waals surface area (Å²) in [6.45, 7) is 1.02. The van der Waals surface area contributed by atoms with E-state index in [0.29, 0.717) is 36.0 Å². The van der Waals surface area contributed by atoms with Crippen LogP contribution in [0.25, 0.3) is 0 Å². The van der Waals surface area contributed by atoms with E-state index in [4.69, 9.17) is 14.2 Å². The van der Waals surface area contributed by atoms with Gasteiger partial charge in [-0.1, -0.05) is 18.2 Å². The first kappa shape index (κ1) is 13.7. The zero-order valence-electron chi connectivity index (χ0n) is 11.3. The molecule has 0 saturated heterocycles. The molecule has 0 aromatic heterocycles. The third-order valence-corrected chi connectivity index (χ3v) is 3.18. The van der Waals surface area contributed by atoms with E-state index in [-0.39, 0.29) is 12.4 Å². The van der Waals surface area contributed by atoms with Crippen LogP contribution in [0.1, 0.15) is 11.7 Å². The van der Waals surface area contributed by atoms with Crippen molar-refractivity contribution in [2.45, 2.75) is 6.10 Å². The summed E-state index contributed by atoms with van der Waals surface area (Å²) in [5.74, 6) is 1.37. The number of aliphatic hydroxyl groups excluding tert-OH is 1. The second-order valence-electron chi connectivity index (χ2n) is 4.66. The molecule has 0 radical (unpaired) electrons. The lowest BCUT2D eigenvalue weighted by atomic mass is 10.1. The minimum absolute atomic E-state index is 0.0471. The maximum atomic E-state index is 12.8. The normalized spacial score (nSPS) is 14.6. The molecule has 2 aromatic rings. The molecule has 0 saturated carbocycles. The summed E-state index contributed by atoms with van der Waals surface area (Å²) < 4.78 is 29.4. The number of para-hydroxylation sites is 1. The van der Waals surface area contributed by atoms with E-state index in [1.807, 2.05) is 0 Å². The third kappa shape index (κ3) is 3.08. The molecule has 3 rings (SSSR count). The van der Waals surface area contributed by atoms with Gasteiger partial charge in [-0.15, -0.1) is 0 Å². The van der Waals surface area contributed by atoms with Crippen LogP contribution in [-0.2, 0) is 0 Å². The van der Waals surface area contributed by atoms with Crippen LogP contribution in [0.2, 0.25) is 0 Å². The number of hydrogen-bond acceptors (Lipinski definition) is 4. The lowest BCUT2D eigenvalue weighted by molar-refractivity contribution is 0.101. The van der Waals surface area contributed by atoms with Crippen LogP contribution in [0.3, 0.4) is 0 Å². The van der Waals surface area contributed by atoms with Crippen molar-refractivity contribution in [2.75, 3.05) is 19.8 Å². The van der Waals surface area contributed by atoms with Crippen molar-refractivity contribution in [2.24, 2.45) is 0 Å². The zero-order chi connectivity index (χ0) is 14.7. The largest absolute Gasteiger partial charge is 0.486 e. The monoisotopic (exact) mass is 290 g/mol. The van der Waals surface area contributed by atoms with Crippen LogP contribution in [0.15, 0.2) is 42.5 Å². The Morgan fingerprint density at radius 3 is 2.67 bits per heavy atom. The molecule has 1 heterocycles. The number of hydrogen-bond donors (Lipinski definition) is 1.